The van der Waals surface area contributed by atoms with Gasteiger partial charge in [0.05, 0.1) is 18.0 Å². The van der Waals surface area contributed by atoms with Crippen LogP contribution in [0.1, 0.15) is 77.8 Å². The number of oxime groups is 1. The largest absolute Gasteiger partial charge is 0.385 e. The van der Waals surface area contributed by atoms with Crippen molar-refractivity contribution in [2.24, 2.45) is 39.7 Å². The molecule has 35 heavy (non-hydrogen) atoms. The number of carbonyl (C=O) groups is 2. The number of nitrogens with one attached hydrogen (secondary N) is 1. The summed E-state index contributed by atoms with van der Waals surface area (Å²) in [6.07, 6.45) is 13.0. The van der Waals surface area contributed by atoms with Crippen molar-refractivity contribution in [2.45, 2.75) is 78.7 Å². The third-order valence-electron chi connectivity index (χ3n) is 10.0. The van der Waals surface area contributed by atoms with Crippen LogP contribution in [-0.2, 0) is 21.0 Å². The van der Waals surface area contributed by atoms with Gasteiger partial charge >= 0.3 is 0 Å². The standard InChI is InChI=1S/C29H39N3O3/c1-19(33)24-9-10-25-23-8-7-20-16-21(11-13-28(20,2)26(23)12-14-29(24,25)3)32-35-18-27(34)31-17-22-6-4-5-15-30-22/h4-6,15-16,23-26H,7-14,17-18H2,1-3H3,(H,31,34). The molecule has 5 rings (SSSR count). The number of carbonyl (C=O) groups excluding carboxylic acids is 2. The zero-order valence-corrected chi connectivity index (χ0v) is 21.4. The molecule has 0 aliphatic heterocycles. The summed E-state index contributed by atoms with van der Waals surface area (Å²) in [5.74, 6) is 2.60. The summed E-state index contributed by atoms with van der Waals surface area (Å²) < 4.78 is 0. The second kappa shape index (κ2) is 9.51. The number of amides is 1. The second-order valence-corrected chi connectivity index (χ2v) is 11.7. The molecule has 1 aromatic heterocycles. The highest BCUT2D eigenvalue weighted by molar-refractivity contribution is 5.96. The predicted octanol–water partition coefficient (Wildman–Crippen LogP) is 5.24. The van der Waals surface area contributed by atoms with Crippen LogP contribution in [0.2, 0.25) is 0 Å². The molecular formula is C29H39N3O3. The molecule has 1 aromatic rings. The van der Waals surface area contributed by atoms with E-state index in [9.17, 15) is 9.59 Å². The Bertz CT molecular complexity index is 1030. The molecule has 6 nitrogen and oxygen atoms in total. The van der Waals surface area contributed by atoms with E-state index in [4.69, 9.17) is 4.84 Å². The van der Waals surface area contributed by atoms with E-state index in [0.717, 1.165) is 43.0 Å². The molecule has 4 aliphatic rings. The molecule has 4 aliphatic carbocycles. The van der Waals surface area contributed by atoms with Gasteiger partial charge in [-0.05, 0) is 105 Å². The minimum absolute atomic E-state index is 0.0843. The van der Waals surface area contributed by atoms with Crippen LogP contribution in [0.15, 0.2) is 41.2 Å². The SMILES string of the molecule is CC(=O)C1CCC2C3CCC4=CC(=NOCC(=O)NCc5ccccn5)CCC4(C)C3CCC12C. The van der Waals surface area contributed by atoms with Gasteiger partial charge in [0.25, 0.3) is 5.91 Å². The van der Waals surface area contributed by atoms with Gasteiger partial charge in [-0.1, -0.05) is 30.6 Å². The van der Waals surface area contributed by atoms with Gasteiger partial charge in [0, 0.05) is 12.1 Å². The summed E-state index contributed by atoms with van der Waals surface area (Å²) in [4.78, 5) is 34.1. The Labute approximate surface area is 209 Å². The lowest BCUT2D eigenvalue weighted by Crippen LogP contribution is -2.51. The Morgan fingerprint density at radius 1 is 1.11 bits per heavy atom. The third kappa shape index (κ3) is 4.45. The first-order valence-electron chi connectivity index (χ1n) is 13.4. The average molecular weight is 478 g/mol. The molecule has 0 saturated heterocycles. The molecule has 3 saturated carbocycles. The monoisotopic (exact) mass is 477 g/mol. The zero-order valence-electron chi connectivity index (χ0n) is 21.4. The van der Waals surface area contributed by atoms with E-state index in [0.29, 0.717) is 24.2 Å². The summed E-state index contributed by atoms with van der Waals surface area (Å²) in [6.45, 7) is 6.99. The van der Waals surface area contributed by atoms with E-state index in [1.54, 1.807) is 6.20 Å². The predicted molar refractivity (Wildman–Crippen MR) is 135 cm³/mol. The summed E-state index contributed by atoms with van der Waals surface area (Å²) in [7, 11) is 0. The number of ketones is 1. The Hall–Kier alpha value is -2.50. The van der Waals surface area contributed by atoms with Crippen LogP contribution in [0.25, 0.3) is 0 Å². The maximum atomic E-state index is 12.4. The highest BCUT2D eigenvalue weighted by Crippen LogP contribution is 2.66. The first-order valence-corrected chi connectivity index (χ1v) is 13.4. The zero-order chi connectivity index (χ0) is 24.6. The van der Waals surface area contributed by atoms with Gasteiger partial charge in [-0.3, -0.25) is 14.6 Å². The number of Topliss-reactive ketones (excluding diaryl/α,β-unsaturated/α-hetero) is 1. The molecule has 1 N–H and O–H groups in total. The number of hydrogen-bond donors (Lipinski definition) is 1. The Kier molecular flexibility index (Phi) is 6.58. The Morgan fingerprint density at radius 3 is 2.74 bits per heavy atom. The lowest BCUT2D eigenvalue weighted by Gasteiger charge is -2.58. The number of hydrogen-bond acceptors (Lipinski definition) is 5. The topological polar surface area (TPSA) is 80.6 Å². The molecule has 6 atom stereocenters. The van der Waals surface area contributed by atoms with Crippen LogP contribution in [0.3, 0.4) is 0 Å². The maximum Gasteiger partial charge on any atom is 0.261 e. The third-order valence-corrected chi connectivity index (χ3v) is 10.0. The first-order chi connectivity index (χ1) is 16.8. The van der Waals surface area contributed by atoms with Crippen molar-refractivity contribution in [1.29, 1.82) is 0 Å². The number of allylic oxidation sites excluding steroid dienone is 2. The van der Waals surface area contributed by atoms with E-state index in [2.05, 4.69) is 35.4 Å². The number of nitrogens with zero attached hydrogens (tertiary/aromatic N) is 2. The van der Waals surface area contributed by atoms with Gasteiger partial charge in [0.15, 0.2) is 6.61 Å². The number of fused-ring (bicyclic) bond motifs is 5. The molecule has 1 amide bonds. The van der Waals surface area contributed by atoms with E-state index in [1.807, 2.05) is 25.1 Å². The molecule has 188 valence electrons. The lowest BCUT2D eigenvalue weighted by molar-refractivity contribution is -0.128. The van der Waals surface area contributed by atoms with Crippen molar-refractivity contribution in [2.75, 3.05) is 6.61 Å². The van der Waals surface area contributed by atoms with Gasteiger partial charge in [0.2, 0.25) is 0 Å². The molecule has 0 aromatic carbocycles. The maximum absolute atomic E-state index is 12.4. The summed E-state index contributed by atoms with van der Waals surface area (Å²) in [6, 6.07) is 5.63. The van der Waals surface area contributed by atoms with Crippen molar-refractivity contribution < 1.29 is 14.4 Å². The molecule has 0 bridgehead atoms. The summed E-state index contributed by atoms with van der Waals surface area (Å²) >= 11 is 0. The van der Waals surface area contributed by atoms with Gasteiger partial charge in [0.1, 0.15) is 5.78 Å². The smallest absolute Gasteiger partial charge is 0.261 e. The molecule has 1 heterocycles. The molecule has 3 fully saturated rings. The van der Waals surface area contributed by atoms with E-state index in [-0.39, 0.29) is 29.3 Å². The van der Waals surface area contributed by atoms with Crippen molar-refractivity contribution in [1.82, 2.24) is 10.3 Å². The first kappa shape index (κ1) is 24.2. The highest BCUT2D eigenvalue weighted by atomic mass is 16.6. The molecule has 0 radical (unpaired) electrons. The number of aromatic nitrogens is 1. The van der Waals surface area contributed by atoms with Crippen LogP contribution in [0, 0.1) is 34.5 Å². The molecule has 6 unspecified atom stereocenters. The minimum atomic E-state index is -0.195. The lowest BCUT2D eigenvalue weighted by atomic mass is 9.46. The van der Waals surface area contributed by atoms with Crippen molar-refractivity contribution in [3.63, 3.8) is 0 Å². The quantitative estimate of drug-likeness (QED) is 0.568. The second-order valence-electron chi connectivity index (χ2n) is 11.7. The normalized spacial score (nSPS) is 37.0. The van der Waals surface area contributed by atoms with E-state index >= 15 is 0 Å². The van der Waals surface area contributed by atoms with Crippen LogP contribution < -0.4 is 5.32 Å². The molecular weight excluding hydrogens is 438 g/mol. The van der Waals surface area contributed by atoms with E-state index in [1.165, 1.54) is 31.3 Å². The van der Waals surface area contributed by atoms with Crippen LogP contribution >= 0.6 is 0 Å². The summed E-state index contributed by atoms with van der Waals surface area (Å²) in [5.41, 5.74) is 3.70. The number of rotatable bonds is 6. The van der Waals surface area contributed by atoms with Crippen LogP contribution in [0.4, 0.5) is 0 Å². The highest BCUT2D eigenvalue weighted by Gasteiger charge is 2.59. The fourth-order valence-electron chi connectivity index (χ4n) is 8.23. The van der Waals surface area contributed by atoms with Gasteiger partial charge in [-0.15, -0.1) is 0 Å². The van der Waals surface area contributed by atoms with Crippen molar-refractivity contribution in [3.8, 4) is 0 Å². The summed E-state index contributed by atoms with van der Waals surface area (Å²) in [5, 5.41) is 7.14. The molecule has 0 spiro atoms. The van der Waals surface area contributed by atoms with Gasteiger partial charge < -0.3 is 10.2 Å². The number of pyridine rings is 1. The average Bonchev–Trinajstić information content (AvgIpc) is 3.21. The minimum Gasteiger partial charge on any atom is -0.385 e. The Morgan fingerprint density at radius 2 is 1.97 bits per heavy atom. The van der Waals surface area contributed by atoms with Gasteiger partial charge in [-0.25, -0.2) is 0 Å². The Balaban J connectivity index is 1.20. The van der Waals surface area contributed by atoms with Crippen molar-refractivity contribution >= 4 is 17.4 Å². The van der Waals surface area contributed by atoms with E-state index < -0.39 is 0 Å². The fraction of sp³-hybridized carbons (Fsp3) is 0.655. The van der Waals surface area contributed by atoms with Crippen LogP contribution in [0.5, 0.6) is 0 Å². The van der Waals surface area contributed by atoms with Gasteiger partial charge in [-0.2, -0.15) is 0 Å². The fourth-order valence-corrected chi connectivity index (χ4v) is 8.23. The van der Waals surface area contributed by atoms with Crippen LogP contribution in [-0.4, -0.2) is 29.0 Å². The van der Waals surface area contributed by atoms with Crippen molar-refractivity contribution in [3.05, 3.63) is 41.7 Å². The molecule has 6 heteroatoms.